The minimum atomic E-state index is 0. The topological polar surface area (TPSA) is 40.7 Å². The molecule has 0 spiro atoms. The molecule has 4 aromatic rings. The van der Waals surface area contributed by atoms with Gasteiger partial charge < -0.3 is 5.32 Å². The van der Waals surface area contributed by atoms with E-state index < -0.39 is 0 Å². The Kier molecular flexibility index (Phi) is 4.74. The normalized spacial score (nSPS) is 10.4. The van der Waals surface area contributed by atoms with Gasteiger partial charge in [0.15, 0.2) is 0 Å². The predicted octanol–water partition coefficient (Wildman–Crippen LogP) is 6.05. The van der Waals surface area contributed by atoms with Crippen LogP contribution in [0, 0.1) is 0 Å². The quantitative estimate of drug-likeness (QED) is 0.469. The van der Waals surface area contributed by atoms with Gasteiger partial charge in [0.25, 0.3) is 0 Å². The number of hydrogen-bond acceptors (Lipinski definition) is 2. The highest BCUT2D eigenvalue weighted by atomic mass is 35.5. The number of aromatic amines is 1. The van der Waals surface area contributed by atoms with Gasteiger partial charge in [-0.05, 0) is 30.3 Å². The fraction of sp³-hybridized carbons (Fsp3) is 0. The Morgan fingerprint density at radius 1 is 0.875 bits per heavy atom. The van der Waals surface area contributed by atoms with Gasteiger partial charge in [-0.1, -0.05) is 54.1 Å². The van der Waals surface area contributed by atoms with Crippen LogP contribution in [0.4, 0.5) is 11.4 Å². The second-order valence-corrected chi connectivity index (χ2v) is 5.71. The van der Waals surface area contributed by atoms with Crippen LogP contribution in [0.25, 0.3) is 22.2 Å². The van der Waals surface area contributed by atoms with Gasteiger partial charge in [-0.3, -0.25) is 5.10 Å². The molecule has 3 aromatic carbocycles. The van der Waals surface area contributed by atoms with E-state index in [4.69, 9.17) is 11.6 Å². The van der Waals surface area contributed by atoms with E-state index in [-0.39, 0.29) is 12.4 Å². The summed E-state index contributed by atoms with van der Waals surface area (Å²) in [6.45, 7) is 0. The number of halogens is 2. The number of rotatable bonds is 3. The summed E-state index contributed by atoms with van der Waals surface area (Å²) in [5.74, 6) is 0. The molecular formula is C19H15Cl2N3. The van der Waals surface area contributed by atoms with Gasteiger partial charge >= 0.3 is 0 Å². The molecule has 0 fully saturated rings. The Balaban J connectivity index is 0.00000169. The number of anilines is 2. The first-order valence-electron chi connectivity index (χ1n) is 7.36. The van der Waals surface area contributed by atoms with Gasteiger partial charge in [-0.2, -0.15) is 5.10 Å². The zero-order valence-corrected chi connectivity index (χ0v) is 14.2. The van der Waals surface area contributed by atoms with Gasteiger partial charge in [0.2, 0.25) is 0 Å². The molecule has 0 amide bonds. The van der Waals surface area contributed by atoms with E-state index in [0.29, 0.717) is 5.02 Å². The summed E-state index contributed by atoms with van der Waals surface area (Å²) in [6.07, 6.45) is 0. The molecule has 2 N–H and O–H groups in total. The van der Waals surface area contributed by atoms with Gasteiger partial charge in [0, 0.05) is 16.6 Å². The van der Waals surface area contributed by atoms with E-state index in [1.54, 1.807) is 0 Å². The lowest BCUT2D eigenvalue weighted by atomic mass is 10.1. The maximum atomic E-state index is 6.19. The van der Waals surface area contributed by atoms with Gasteiger partial charge in [-0.15, -0.1) is 12.4 Å². The predicted molar refractivity (Wildman–Crippen MR) is 104 cm³/mol. The SMILES string of the molecule is Cl.Clc1ccccc1Nc1ccc2c(-c3ccccc3)n[nH]c2c1. The zero-order chi connectivity index (χ0) is 15.6. The van der Waals surface area contributed by atoms with Crippen molar-refractivity contribution >= 4 is 46.3 Å². The molecule has 0 aliphatic rings. The van der Waals surface area contributed by atoms with Crippen LogP contribution in [0.3, 0.4) is 0 Å². The maximum absolute atomic E-state index is 6.19. The molecule has 1 heterocycles. The molecular weight excluding hydrogens is 341 g/mol. The molecule has 0 saturated heterocycles. The van der Waals surface area contributed by atoms with Crippen LogP contribution in [-0.4, -0.2) is 10.2 Å². The van der Waals surface area contributed by atoms with Crippen LogP contribution >= 0.6 is 24.0 Å². The monoisotopic (exact) mass is 355 g/mol. The first-order chi connectivity index (χ1) is 11.3. The molecule has 5 heteroatoms. The van der Waals surface area contributed by atoms with Crippen molar-refractivity contribution in [1.29, 1.82) is 0 Å². The Hall–Kier alpha value is -2.49. The highest BCUT2D eigenvalue weighted by Crippen LogP contribution is 2.30. The molecule has 120 valence electrons. The Labute approximate surface area is 151 Å². The number of para-hydroxylation sites is 1. The number of hydrogen-bond donors (Lipinski definition) is 2. The van der Waals surface area contributed by atoms with Crippen molar-refractivity contribution in [1.82, 2.24) is 10.2 Å². The van der Waals surface area contributed by atoms with Crippen LogP contribution in [0.15, 0.2) is 72.8 Å². The molecule has 0 atom stereocenters. The van der Waals surface area contributed by atoms with Gasteiger partial charge in [-0.25, -0.2) is 0 Å². The number of aromatic nitrogens is 2. The first kappa shape index (κ1) is 16.4. The number of fused-ring (bicyclic) bond motifs is 1. The fourth-order valence-electron chi connectivity index (χ4n) is 2.63. The van der Waals surface area contributed by atoms with Crippen molar-refractivity contribution in [2.24, 2.45) is 0 Å². The zero-order valence-electron chi connectivity index (χ0n) is 12.7. The number of nitrogens with zero attached hydrogens (tertiary/aromatic N) is 1. The molecule has 1 aromatic heterocycles. The van der Waals surface area contributed by atoms with Gasteiger partial charge in [0.1, 0.15) is 0 Å². The van der Waals surface area contributed by atoms with Crippen molar-refractivity contribution in [2.75, 3.05) is 5.32 Å². The average molecular weight is 356 g/mol. The molecule has 0 saturated carbocycles. The maximum Gasteiger partial charge on any atom is 0.0999 e. The van der Waals surface area contributed by atoms with Crippen LogP contribution in [0.2, 0.25) is 5.02 Å². The Morgan fingerprint density at radius 3 is 2.42 bits per heavy atom. The minimum Gasteiger partial charge on any atom is -0.354 e. The van der Waals surface area contributed by atoms with Gasteiger partial charge in [0.05, 0.1) is 21.9 Å². The lowest BCUT2D eigenvalue weighted by molar-refractivity contribution is 1.12. The second-order valence-electron chi connectivity index (χ2n) is 5.30. The number of nitrogens with one attached hydrogen (secondary N) is 2. The van der Waals surface area contributed by atoms with Crippen molar-refractivity contribution in [3.05, 3.63) is 77.8 Å². The number of benzene rings is 3. The van der Waals surface area contributed by atoms with E-state index in [0.717, 1.165) is 33.5 Å². The summed E-state index contributed by atoms with van der Waals surface area (Å²) >= 11 is 6.19. The number of H-pyrrole nitrogens is 1. The van der Waals surface area contributed by atoms with Crippen molar-refractivity contribution in [2.45, 2.75) is 0 Å². The molecule has 4 rings (SSSR count). The van der Waals surface area contributed by atoms with Crippen LogP contribution in [-0.2, 0) is 0 Å². The summed E-state index contributed by atoms with van der Waals surface area (Å²) in [6, 6.07) is 24.0. The first-order valence-corrected chi connectivity index (χ1v) is 7.74. The smallest absolute Gasteiger partial charge is 0.0999 e. The second kappa shape index (κ2) is 6.95. The molecule has 0 radical (unpaired) electrons. The van der Waals surface area contributed by atoms with Crippen molar-refractivity contribution in [3.8, 4) is 11.3 Å². The summed E-state index contributed by atoms with van der Waals surface area (Å²) < 4.78 is 0. The van der Waals surface area contributed by atoms with Crippen LogP contribution < -0.4 is 5.32 Å². The summed E-state index contributed by atoms with van der Waals surface area (Å²) in [5.41, 5.74) is 4.90. The Morgan fingerprint density at radius 2 is 1.62 bits per heavy atom. The van der Waals surface area contributed by atoms with Crippen LogP contribution in [0.1, 0.15) is 0 Å². The third kappa shape index (κ3) is 3.09. The average Bonchev–Trinajstić information content (AvgIpc) is 3.01. The van der Waals surface area contributed by atoms with E-state index in [1.165, 1.54) is 0 Å². The third-order valence-corrected chi connectivity index (χ3v) is 4.09. The standard InChI is InChI=1S/C19H14ClN3.ClH/c20-16-8-4-5-9-17(16)21-14-10-11-15-18(12-14)22-23-19(15)13-6-2-1-3-7-13;/h1-12,21H,(H,22,23);1H. The molecule has 0 aliphatic heterocycles. The lowest BCUT2D eigenvalue weighted by Crippen LogP contribution is -1.90. The fourth-order valence-corrected chi connectivity index (χ4v) is 2.81. The third-order valence-electron chi connectivity index (χ3n) is 3.76. The summed E-state index contributed by atoms with van der Waals surface area (Å²) in [5, 5.41) is 12.7. The largest absolute Gasteiger partial charge is 0.354 e. The Bertz CT molecular complexity index is 965. The summed E-state index contributed by atoms with van der Waals surface area (Å²) in [7, 11) is 0. The molecule has 24 heavy (non-hydrogen) atoms. The minimum absolute atomic E-state index is 0. The molecule has 0 unspecified atom stereocenters. The molecule has 0 aliphatic carbocycles. The molecule has 3 nitrogen and oxygen atoms in total. The highest BCUT2D eigenvalue weighted by Gasteiger charge is 2.08. The highest BCUT2D eigenvalue weighted by molar-refractivity contribution is 6.33. The lowest BCUT2D eigenvalue weighted by Gasteiger charge is -2.08. The van der Waals surface area contributed by atoms with Crippen molar-refractivity contribution < 1.29 is 0 Å². The van der Waals surface area contributed by atoms with Crippen molar-refractivity contribution in [3.63, 3.8) is 0 Å². The van der Waals surface area contributed by atoms with E-state index in [2.05, 4.69) is 33.7 Å². The van der Waals surface area contributed by atoms with E-state index in [9.17, 15) is 0 Å². The van der Waals surface area contributed by atoms with E-state index >= 15 is 0 Å². The molecule has 0 bridgehead atoms. The van der Waals surface area contributed by atoms with Crippen LogP contribution in [0.5, 0.6) is 0 Å². The van der Waals surface area contributed by atoms with E-state index in [1.807, 2.05) is 54.6 Å². The summed E-state index contributed by atoms with van der Waals surface area (Å²) in [4.78, 5) is 0.